The standard InChI is InChI=1S/C17H27NO/c1-13(2)16-8-10-18(11-9-16)14(3)12-15-4-6-17(19)7-5-15/h4-7,13-14,16,19H,8-12H2,1-3H3. The van der Waals surface area contributed by atoms with E-state index in [1.165, 1.54) is 31.5 Å². The van der Waals surface area contributed by atoms with E-state index in [0.29, 0.717) is 11.8 Å². The van der Waals surface area contributed by atoms with Crippen LogP contribution in [0, 0.1) is 11.8 Å². The Morgan fingerprint density at radius 3 is 2.21 bits per heavy atom. The van der Waals surface area contributed by atoms with Crippen molar-refractivity contribution in [2.24, 2.45) is 11.8 Å². The number of hydrogen-bond donors (Lipinski definition) is 1. The van der Waals surface area contributed by atoms with Crippen LogP contribution in [0.5, 0.6) is 5.75 Å². The highest BCUT2D eigenvalue weighted by Gasteiger charge is 2.24. The molecule has 1 atom stereocenters. The number of phenols is 1. The van der Waals surface area contributed by atoms with Gasteiger partial charge in [-0.25, -0.2) is 0 Å². The van der Waals surface area contributed by atoms with Gasteiger partial charge in [-0.3, -0.25) is 0 Å². The molecule has 1 aromatic rings. The molecule has 1 unspecified atom stereocenters. The van der Waals surface area contributed by atoms with E-state index in [0.717, 1.165) is 18.3 Å². The second kappa shape index (κ2) is 6.42. The van der Waals surface area contributed by atoms with E-state index in [4.69, 9.17) is 0 Å². The molecule has 1 aliphatic rings. The predicted octanol–water partition coefficient (Wildman–Crippen LogP) is 3.69. The molecule has 0 bridgehead atoms. The summed E-state index contributed by atoms with van der Waals surface area (Å²) in [5.74, 6) is 2.10. The fourth-order valence-electron chi connectivity index (χ4n) is 3.13. The van der Waals surface area contributed by atoms with Crippen molar-refractivity contribution >= 4 is 0 Å². The van der Waals surface area contributed by atoms with Gasteiger partial charge >= 0.3 is 0 Å². The lowest BCUT2D eigenvalue weighted by molar-refractivity contribution is 0.121. The number of aromatic hydroxyl groups is 1. The molecule has 2 nitrogen and oxygen atoms in total. The highest BCUT2D eigenvalue weighted by molar-refractivity contribution is 5.26. The van der Waals surface area contributed by atoms with Gasteiger partial charge in [0.1, 0.15) is 5.75 Å². The molecule has 2 heteroatoms. The van der Waals surface area contributed by atoms with Crippen LogP contribution in [-0.2, 0) is 6.42 Å². The molecule has 19 heavy (non-hydrogen) atoms. The van der Waals surface area contributed by atoms with E-state index in [-0.39, 0.29) is 0 Å². The van der Waals surface area contributed by atoms with Crippen LogP contribution in [0.2, 0.25) is 0 Å². The molecule has 0 spiro atoms. The van der Waals surface area contributed by atoms with E-state index in [9.17, 15) is 5.11 Å². The van der Waals surface area contributed by atoms with E-state index < -0.39 is 0 Å². The predicted molar refractivity (Wildman–Crippen MR) is 80.4 cm³/mol. The van der Waals surface area contributed by atoms with Crippen molar-refractivity contribution in [3.05, 3.63) is 29.8 Å². The topological polar surface area (TPSA) is 23.5 Å². The van der Waals surface area contributed by atoms with Crippen molar-refractivity contribution in [3.8, 4) is 5.75 Å². The van der Waals surface area contributed by atoms with Crippen LogP contribution in [0.15, 0.2) is 24.3 Å². The Morgan fingerprint density at radius 2 is 1.68 bits per heavy atom. The molecule has 1 fully saturated rings. The Morgan fingerprint density at radius 1 is 1.11 bits per heavy atom. The number of hydrogen-bond acceptors (Lipinski definition) is 2. The van der Waals surface area contributed by atoms with E-state index in [2.05, 4.69) is 25.7 Å². The smallest absolute Gasteiger partial charge is 0.115 e. The summed E-state index contributed by atoms with van der Waals surface area (Å²) in [7, 11) is 0. The number of phenolic OH excluding ortho intramolecular Hbond substituents is 1. The second-order valence-corrected chi connectivity index (χ2v) is 6.34. The first-order chi connectivity index (χ1) is 9.06. The first-order valence-corrected chi connectivity index (χ1v) is 7.58. The molecule has 0 radical (unpaired) electrons. The van der Waals surface area contributed by atoms with Gasteiger partial charge in [0.2, 0.25) is 0 Å². The maximum atomic E-state index is 9.31. The minimum absolute atomic E-state index is 0.356. The molecular weight excluding hydrogens is 234 g/mol. The summed E-state index contributed by atoms with van der Waals surface area (Å²) in [6.45, 7) is 9.49. The second-order valence-electron chi connectivity index (χ2n) is 6.34. The minimum Gasteiger partial charge on any atom is -0.508 e. The lowest BCUT2D eigenvalue weighted by atomic mass is 9.86. The third-order valence-corrected chi connectivity index (χ3v) is 4.61. The van der Waals surface area contributed by atoms with Crippen molar-refractivity contribution in [3.63, 3.8) is 0 Å². The fourth-order valence-corrected chi connectivity index (χ4v) is 3.13. The van der Waals surface area contributed by atoms with Crippen LogP contribution in [0.3, 0.4) is 0 Å². The van der Waals surface area contributed by atoms with Gasteiger partial charge in [0.15, 0.2) is 0 Å². The van der Waals surface area contributed by atoms with Crippen LogP contribution in [0.4, 0.5) is 0 Å². The Labute approximate surface area is 117 Å². The van der Waals surface area contributed by atoms with Crippen molar-refractivity contribution in [2.45, 2.75) is 46.1 Å². The Bertz CT molecular complexity index is 377. The Kier molecular flexibility index (Phi) is 4.87. The lowest BCUT2D eigenvalue weighted by Crippen LogP contribution is -2.41. The van der Waals surface area contributed by atoms with Crippen LogP contribution in [0.25, 0.3) is 0 Å². The molecule has 0 aromatic heterocycles. The van der Waals surface area contributed by atoms with Gasteiger partial charge in [-0.05, 0) is 68.8 Å². The van der Waals surface area contributed by atoms with Crippen molar-refractivity contribution < 1.29 is 5.11 Å². The third-order valence-electron chi connectivity index (χ3n) is 4.61. The normalized spacial score (nSPS) is 19.8. The molecular formula is C17H27NO. The van der Waals surface area contributed by atoms with E-state index in [1.807, 2.05) is 12.1 Å². The Balaban J connectivity index is 1.84. The van der Waals surface area contributed by atoms with Crippen molar-refractivity contribution in [1.29, 1.82) is 0 Å². The zero-order chi connectivity index (χ0) is 13.8. The highest BCUT2D eigenvalue weighted by atomic mass is 16.3. The van der Waals surface area contributed by atoms with E-state index in [1.54, 1.807) is 12.1 Å². The zero-order valence-electron chi connectivity index (χ0n) is 12.5. The minimum atomic E-state index is 0.356. The van der Waals surface area contributed by atoms with Gasteiger partial charge in [-0.1, -0.05) is 26.0 Å². The Hall–Kier alpha value is -1.02. The van der Waals surface area contributed by atoms with Crippen LogP contribution < -0.4 is 0 Å². The average Bonchev–Trinajstić information content (AvgIpc) is 2.41. The maximum Gasteiger partial charge on any atom is 0.115 e. The van der Waals surface area contributed by atoms with Gasteiger partial charge in [0.05, 0.1) is 0 Å². The summed E-state index contributed by atoms with van der Waals surface area (Å²) < 4.78 is 0. The summed E-state index contributed by atoms with van der Waals surface area (Å²) in [5.41, 5.74) is 1.32. The number of piperidine rings is 1. The monoisotopic (exact) mass is 261 g/mol. The molecule has 1 aliphatic heterocycles. The third kappa shape index (κ3) is 3.97. The number of benzene rings is 1. The molecule has 0 saturated carbocycles. The highest BCUT2D eigenvalue weighted by Crippen LogP contribution is 2.26. The van der Waals surface area contributed by atoms with Crippen molar-refractivity contribution in [2.75, 3.05) is 13.1 Å². The number of likely N-dealkylation sites (tertiary alicyclic amines) is 1. The first kappa shape index (κ1) is 14.4. The summed E-state index contributed by atoms with van der Waals surface area (Å²) in [6, 6.07) is 8.23. The summed E-state index contributed by atoms with van der Waals surface area (Å²) in [4.78, 5) is 2.62. The zero-order valence-corrected chi connectivity index (χ0v) is 12.5. The van der Waals surface area contributed by atoms with Crippen LogP contribution in [-0.4, -0.2) is 29.1 Å². The van der Waals surface area contributed by atoms with Crippen LogP contribution >= 0.6 is 0 Å². The molecule has 1 saturated heterocycles. The quantitative estimate of drug-likeness (QED) is 0.893. The molecule has 106 valence electrons. The number of rotatable bonds is 4. The molecule has 0 aliphatic carbocycles. The first-order valence-electron chi connectivity index (χ1n) is 7.58. The maximum absolute atomic E-state index is 9.31. The van der Waals surface area contributed by atoms with E-state index >= 15 is 0 Å². The van der Waals surface area contributed by atoms with Gasteiger partial charge in [0.25, 0.3) is 0 Å². The van der Waals surface area contributed by atoms with Crippen molar-refractivity contribution in [1.82, 2.24) is 4.90 Å². The number of nitrogens with zero attached hydrogens (tertiary/aromatic N) is 1. The largest absolute Gasteiger partial charge is 0.508 e. The summed E-state index contributed by atoms with van der Waals surface area (Å²) in [6.07, 6.45) is 3.77. The summed E-state index contributed by atoms with van der Waals surface area (Å²) in [5, 5.41) is 9.31. The molecule has 1 aromatic carbocycles. The SMILES string of the molecule is CC(C)C1CCN(C(C)Cc2ccc(O)cc2)CC1. The molecule has 1 N–H and O–H groups in total. The van der Waals surface area contributed by atoms with Crippen LogP contribution in [0.1, 0.15) is 39.2 Å². The van der Waals surface area contributed by atoms with Gasteiger partial charge in [-0.15, -0.1) is 0 Å². The summed E-state index contributed by atoms with van der Waals surface area (Å²) >= 11 is 0. The van der Waals surface area contributed by atoms with Gasteiger partial charge in [0, 0.05) is 6.04 Å². The molecule has 0 amide bonds. The lowest BCUT2D eigenvalue weighted by Gasteiger charge is -2.37. The van der Waals surface area contributed by atoms with Gasteiger partial charge < -0.3 is 10.0 Å². The average molecular weight is 261 g/mol. The van der Waals surface area contributed by atoms with Gasteiger partial charge in [-0.2, -0.15) is 0 Å². The fraction of sp³-hybridized carbons (Fsp3) is 0.647. The molecule has 2 rings (SSSR count). The molecule has 1 heterocycles.